The van der Waals surface area contributed by atoms with Crippen LogP contribution in [0.3, 0.4) is 0 Å². The molecule has 0 spiro atoms. The van der Waals surface area contributed by atoms with Crippen LogP contribution in [0.2, 0.25) is 0 Å². The number of guanidine groups is 1. The number of nitrogens with zero attached hydrogens (tertiary/aromatic N) is 1. The minimum Gasteiger partial charge on any atom is -0.342 e. The molecule has 4 heteroatoms. The number of carbonyl (C=O) groups is 1. The summed E-state index contributed by atoms with van der Waals surface area (Å²) in [6, 6.07) is 0.195. The van der Waals surface area contributed by atoms with Gasteiger partial charge in [0.15, 0.2) is 5.96 Å². The number of rotatable bonds is 5. The first-order chi connectivity index (χ1) is 7.48. The van der Waals surface area contributed by atoms with Gasteiger partial charge in [0, 0.05) is 6.04 Å². The zero-order valence-corrected chi connectivity index (χ0v) is 10.8. The monoisotopic (exact) mass is 225 g/mol. The largest absolute Gasteiger partial charge is 0.342 e. The fourth-order valence-electron chi connectivity index (χ4n) is 1.82. The molecule has 0 aromatic carbocycles. The molecule has 0 bridgehead atoms. The Labute approximate surface area is 97.9 Å². The Morgan fingerprint density at radius 2 is 2.06 bits per heavy atom. The normalized spacial score (nSPS) is 27.3. The average Bonchev–Trinajstić information content (AvgIpc) is 2.41. The van der Waals surface area contributed by atoms with E-state index < -0.39 is 5.54 Å². The summed E-state index contributed by atoms with van der Waals surface area (Å²) in [4.78, 5) is 16.2. The van der Waals surface area contributed by atoms with Crippen LogP contribution in [0.25, 0.3) is 0 Å². The Bertz CT molecular complexity index is 286. The van der Waals surface area contributed by atoms with Crippen LogP contribution in [0.15, 0.2) is 4.99 Å². The lowest BCUT2D eigenvalue weighted by atomic mass is 9.95. The topological polar surface area (TPSA) is 53.5 Å². The van der Waals surface area contributed by atoms with Crippen LogP contribution in [0, 0.1) is 0 Å². The number of nitrogens with one attached hydrogen (secondary N) is 2. The van der Waals surface area contributed by atoms with E-state index in [0.29, 0.717) is 5.96 Å². The van der Waals surface area contributed by atoms with Crippen LogP contribution in [-0.2, 0) is 4.79 Å². The van der Waals surface area contributed by atoms with Gasteiger partial charge >= 0.3 is 0 Å². The number of amides is 1. The van der Waals surface area contributed by atoms with Crippen LogP contribution in [-0.4, -0.2) is 23.4 Å². The van der Waals surface area contributed by atoms with Crippen molar-refractivity contribution in [1.29, 1.82) is 0 Å². The second kappa shape index (κ2) is 5.32. The minimum atomic E-state index is -0.469. The van der Waals surface area contributed by atoms with Crippen molar-refractivity contribution in [3.05, 3.63) is 0 Å². The molecule has 0 aromatic rings. The highest BCUT2D eigenvalue weighted by atomic mass is 16.2. The van der Waals surface area contributed by atoms with Crippen molar-refractivity contribution in [2.24, 2.45) is 4.99 Å². The highest BCUT2D eigenvalue weighted by Crippen LogP contribution is 2.18. The molecule has 1 aliphatic heterocycles. The van der Waals surface area contributed by atoms with E-state index in [2.05, 4.69) is 22.5 Å². The van der Waals surface area contributed by atoms with Gasteiger partial charge in [0.05, 0.1) is 0 Å². The van der Waals surface area contributed by atoms with Crippen molar-refractivity contribution in [1.82, 2.24) is 10.6 Å². The maximum atomic E-state index is 11.8. The molecule has 1 amide bonds. The van der Waals surface area contributed by atoms with Crippen LogP contribution in [0.5, 0.6) is 0 Å². The lowest BCUT2D eigenvalue weighted by molar-refractivity contribution is -0.123. The SMILES string of the molecule is CCCCCC1(C)NC(=NC(C)C)NC1=O. The minimum absolute atomic E-state index is 0.0444. The van der Waals surface area contributed by atoms with Gasteiger partial charge in [-0.1, -0.05) is 26.2 Å². The fraction of sp³-hybridized carbons (Fsp3) is 0.833. The van der Waals surface area contributed by atoms with E-state index in [9.17, 15) is 4.79 Å². The van der Waals surface area contributed by atoms with E-state index in [1.54, 1.807) is 0 Å². The summed E-state index contributed by atoms with van der Waals surface area (Å²) in [5, 5.41) is 6.00. The Morgan fingerprint density at radius 3 is 2.62 bits per heavy atom. The molecule has 0 aliphatic carbocycles. The van der Waals surface area contributed by atoms with Gasteiger partial charge in [-0.15, -0.1) is 0 Å². The molecule has 2 N–H and O–H groups in total. The predicted octanol–water partition coefficient (Wildman–Crippen LogP) is 1.81. The first kappa shape index (κ1) is 13.0. The van der Waals surface area contributed by atoms with Crippen LogP contribution in [0.1, 0.15) is 53.4 Å². The van der Waals surface area contributed by atoms with Crippen molar-refractivity contribution >= 4 is 11.9 Å². The molecule has 0 radical (unpaired) electrons. The number of unbranched alkanes of at least 4 members (excludes halogenated alkanes) is 2. The summed E-state index contributed by atoms with van der Waals surface area (Å²) in [5.41, 5.74) is -0.469. The quantitative estimate of drug-likeness (QED) is 0.701. The molecule has 1 saturated heterocycles. The first-order valence-corrected chi connectivity index (χ1v) is 6.15. The van der Waals surface area contributed by atoms with Gasteiger partial charge in [0.1, 0.15) is 5.54 Å². The highest BCUT2D eigenvalue weighted by molar-refractivity contribution is 6.08. The Balaban J connectivity index is 2.58. The van der Waals surface area contributed by atoms with Gasteiger partial charge in [0.25, 0.3) is 5.91 Å². The molecule has 1 fully saturated rings. The van der Waals surface area contributed by atoms with E-state index in [4.69, 9.17) is 0 Å². The van der Waals surface area contributed by atoms with Crippen molar-refractivity contribution in [3.63, 3.8) is 0 Å². The number of carbonyl (C=O) groups excluding carboxylic acids is 1. The molecular weight excluding hydrogens is 202 g/mol. The molecule has 4 nitrogen and oxygen atoms in total. The standard InChI is InChI=1S/C12H23N3O/c1-5-6-7-8-12(4)10(16)14-11(15-12)13-9(2)3/h9H,5-8H2,1-4H3,(H2,13,14,15,16). The summed E-state index contributed by atoms with van der Waals surface area (Å²) >= 11 is 0. The number of aliphatic imine (C=N–C) groups is 1. The van der Waals surface area contributed by atoms with Crippen LogP contribution < -0.4 is 10.6 Å². The van der Waals surface area contributed by atoms with Crippen LogP contribution in [0.4, 0.5) is 0 Å². The maximum absolute atomic E-state index is 11.8. The van der Waals surface area contributed by atoms with Gasteiger partial charge in [-0.05, 0) is 27.2 Å². The third-order valence-corrected chi connectivity index (χ3v) is 2.80. The molecule has 1 heterocycles. The number of hydrogen-bond donors (Lipinski definition) is 2. The molecule has 92 valence electrons. The van der Waals surface area contributed by atoms with Crippen molar-refractivity contribution in [3.8, 4) is 0 Å². The summed E-state index contributed by atoms with van der Waals surface area (Å²) in [6.45, 7) is 8.10. The Hall–Kier alpha value is -1.06. The second-order valence-electron chi connectivity index (χ2n) is 4.94. The molecular formula is C12H23N3O. The zero-order chi connectivity index (χ0) is 12.2. The molecule has 1 aliphatic rings. The highest BCUT2D eigenvalue weighted by Gasteiger charge is 2.39. The molecule has 16 heavy (non-hydrogen) atoms. The van der Waals surface area contributed by atoms with Gasteiger partial charge in [-0.25, -0.2) is 0 Å². The Kier molecular flexibility index (Phi) is 4.33. The van der Waals surface area contributed by atoms with Crippen molar-refractivity contribution < 1.29 is 4.79 Å². The predicted molar refractivity (Wildman–Crippen MR) is 66.4 cm³/mol. The van der Waals surface area contributed by atoms with Crippen molar-refractivity contribution in [2.75, 3.05) is 0 Å². The maximum Gasteiger partial charge on any atom is 0.252 e. The van der Waals surface area contributed by atoms with E-state index in [-0.39, 0.29) is 11.9 Å². The lowest BCUT2D eigenvalue weighted by Gasteiger charge is -2.20. The molecule has 0 aromatic heterocycles. The van der Waals surface area contributed by atoms with E-state index in [0.717, 1.165) is 12.8 Å². The summed E-state index contributed by atoms with van der Waals surface area (Å²) in [5.74, 6) is 0.669. The van der Waals surface area contributed by atoms with Gasteiger partial charge in [-0.2, -0.15) is 0 Å². The molecule has 1 unspecified atom stereocenters. The molecule has 0 saturated carbocycles. The van der Waals surface area contributed by atoms with E-state index >= 15 is 0 Å². The third-order valence-electron chi connectivity index (χ3n) is 2.80. The average molecular weight is 225 g/mol. The molecule has 1 atom stereocenters. The van der Waals surface area contributed by atoms with Crippen LogP contribution >= 0.6 is 0 Å². The second-order valence-corrected chi connectivity index (χ2v) is 4.94. The third kappa shape index (κ3) is 3.22. The summed E-state index contributed by atoms with van der Waals surface area (Å²) in [6.07, 6.45) is 4.28. The lowest BCUT2D eigenvalue weighted by Crippen LogP contribution is -2.43. The smallest absolute Gasteiger partial charge is 0.252 e. The number of hydrogen-bond acceptors (Lipinski definition) is 2. The van der Waals surface area contributed by atoms with E-state index in [1.165, 1.54) is 12.8 Å². The van der Waals surface area contributed by atoms with E-state index in [1.807, 2.05) is 20.8 Å². The zero-order valence-electron chi connectivity index (χ0n) is 10.8. The summed E-state index contributed by atoms with van der Waals surface area (Å²) < 4.78 is 0. The fourth-order valence-corrected chi connectivity index (χ4v) is 1.82. The molecule has 1 rings (SSSR count). The van der Waals surface area contributed by atoms with Gasteiger partial charge in [0.2, 0.25) is 0 Å². The summed E-state index contributed by atoms with van der Waals surface area (Å²) in [7, 11) is 0. The van der Waals surface area contributed by atoms with Gasteiger partial charge in [-0.3, -0.25) is 15.1 Å². The first-order valence-electron chi connectivity index (χ1n) is 6.15. The van der Waals surface area contributed by atoms with Crippen molar-refractivity contribution in [2.45, 2.75) is 65.0 Å². The Morgan fingerprint density at radius 1 is 1.38 bits per heavy atom. The van der Waals surface area contributed by atoms with Gasteiger partial charge < -0.3 is 5.32 Å².